The molecule has 22 rings (SSSR count). The first kappa shape index (κ1) is 86.2. The van der Waals surface area contributed by atoms with E-state index in [1.165, 1.54) is 51.4 Å². The van der Waals surface area contributed by atoms with Gasteiger partial charge < -0.3 is 34.6 Å². The number of carbonyl (C=O) groups is 4. The van der Waals surface area contributed by atoms with Crippen molar-refractivity contribution in [2.45, 2.75) is 153 Å². The van der Waals surface area contributed by atoms with Crippen molar-refractivity contribution in [2.75, 3.05) is 64.2 Å². The average molecular weight is 1790 g/mol. The summed E-state index contributed by atoms with van der Waals surface area (Å²) in [6, 6.07) is 6.45. The topological polar surface area (TPSA) is 396 Å². The van der Waals surface area contributed by atoms with Crippen LogP contribution in [0.15, 0.2) is 73.8 Å². The van der Waals surface area contributed by atoms with E-state index >= 15 is 0 Å². The number of aromatic amines is 4. The highest BCUT2D eigenvalue weighted by molar-refractivity contribution is 6.32. The monoisotopic (exact) mass is 1790 g/mol. The highest BCUT2D eigenvalue weighted by atomic mass is 35.5. The second kappa shape index (κ2) is 38.5. The van der Waals surface area contributed by atoms with E-state index in [0.29, 0.717) is 180 Å². The van der Waals surface area contributed by atoms with Crippen molar-refractivity contribution in [2.24, 2.45) is 59.2 Å². The van der Waals surface area contributed by atoms with Gasteiger partial charge in [-0.2, -0.15) is 20.4 Å². The number of amides is 2. The number of methoxy groups -OCH3 is 2. The molecule has 654 valence electrons. The number of esters is 2. The molecule has 4 unspecified atom stereocenters. The number of aromatic nitrogens is 20. The van der Waals surface area contributed by atoms with Gasteiger partial charge in [0.15, 0.2) is 80.8 Å². The normalized spacial score (nSPS) is 23.3. The lowest BCUT2D eigenvalue weighted by molar-refractivity contribution is -0.152. The highest BCUT2D eigenvalue weighted by Crippen LogP contribution is 2.49. The summed E-state index contributed by atoms with van der Waals surface area (Å²) in [7, 11) is 2.79. The smallest absolute Gasteiger partial charge is 0.311 e. The maximum atomic E-state index is 14.6. The van der Waals surface area contributed by atoms with Gasteiger partial charge in [-0.15, -0.1) is 0 Å². The molecule has 4 bridgehead atoms. The Kier molecular flexibility index (Phi) is 26.6. The summed E-state index contributed by atoms with van der Waals surface area (Å²) >= 11 is 24.3. The molecule has 14 heterocycles. The lowest BCUT2D eigenvalue weighted by atomic mass is 9.61. The molecular formula is C86H92Cl4F4N24O7. The summed E-state index contributed by atoms with van der Waals surface area (Å²) in [6.07, 6.45) is 31.3. The number of hydrogen-bond acceptors (Lipinski definition) is 25. The molecule has 8 saturated carbocycles. The molecule has 0 spiro atoms. The van der Waals surface area contributed by atoms with Crippen LogP contribution >= 0.6 is 46.4 Å². The zero-order valence-corrected chi connectivity index (χ0v) is 71.6. The summed E-state index contributed by atoms with van der Waals surface area (Å²) < 4.78 is 73.9. The average Bonchev–Trinajstić information content (AvgIpc) is 1.26. The van der Waals surface area contributed by atoms with Crippen molar-refractivity contribution in [3.05, 3.63) is 129 Å². The van der Waals surface area contributed by atoms with Crippen molar-refractivity contribution < 1.29 is 51.0 Å². The fourth-order valence-electron chi connectivity index (χ4n) is 19.9. The Morgan fingerprint density at radius 1 is 0.408 bits per heavy atom. The first-order chi connectivity index (χ1) is 60.7. The number of nitrogens with one attached hydrogen (secondary N) is 6. The van der Waals surface area contributed by atoms with Crippen LogP contribution in [0.5, 0.6) is 0 Å². The molecular weight excluding hydrogens is 1700 g/mol. The largest absolute Gasteiger partial charge is 0.469 e. The van der Waals surface area contributed by atoms with Crippen LogP contribution in [-0.2, 0) is 46.2 Å². The minimum atomic E-state index is -0.580. The van der Waals surface area contributed by atoms with E-state index in [-0.39, 0.29) is 101 Å². The molecule has 12 aromatic rings. The van der Waals surface area contributed by atoms with Gasteiger partial charge in [0.1, 0.15) is 22.8 Å². The van der Waals surface area contributed by atoms with Crippen LogP contribution in [0, 0.1) is 82.4 Å². The van der Waals surface area contributed by atoms with Crippen LogP contribution in [0.2, 0.25) is 20.1 Å². The summed E-state index contributed by atoms with van der Waals surface area (Å²) in [5.41, 5.74) is 4.88. The number of pyridine rings is 4. The molecule has 39 heteroatoms. The van der Waals surface area contributed by atoms with Gasteiger partial charge in [0.05, 0.1) is 117 Å². The van der Waals surface area contributed by atoms with Crippen LogP contribution < -0.4 is 10.6 Å². The first-order valence-corrected chi connectivity index (χ1v) is 44.1. The molecule has 125 heavy (non-hydrogen) atoms. The maximum absolute atomic E-state index is 14.6. The quantitative estimate of drug-likeness (QED) is 0.0343. The molecule has 10 aliphatic rings. The van der Waals surface area contributed by atoms with E-state index in [9.17, 15) is 36.7 Å². The Labute approximate surface area is 734 Å². The molecule has 2 amide bonds. The maximum Gasteiger partial charge on any atom is 0.311 e. The van der Waals surface area contributed by atoms with Crippen molar-refractivity contribution in [3.8, 4) is 46.1 Å². The van der Waals surface area contributed by atoms with Gasteiger partial charge in [0, 0.05) is 75.9 Å². The van der Waals surface area contributed by atoms with Crippen LogP contribution in [0.3, 0.4) is 0 Å². The number of rotatable bonds is 18. The zero-order valence-electron chi connectivity index (χ0n) is 68.6. The minimum Gasteiger partial charge on any atom is -0.469 e. The van der Waals surface area contributed by atoms with Crippen LogP contribution in [-0.4, -0.2) is 200 Å². The molecule has 12 aromatic heterocycles. The summed E-state index contributed by atoms with van der Waals surface area (Å²) in [5, 5.41) is 39.1. The van der Waals surface area contributed by atoms with Gasteiger partial charge in [-0.05, 0) is 174 Å². The van der Waals surface area contributed by atoms with E-state index in [1.807, 2.05) is 9.80 Å². The SMILES string of the molecule is COC(=O)C1C2CCC(CC2)C1Nc1nc(-c2[nH]nc3ncc(Cl)cc23)ncc1F.COC(=O)C1C2CCC(CC2)C1Nc1nc(-c2[nH]nc3ncc(Cl)cc23)ncc1F.O=C(C[C@@H]1CCC[C@H](Cc2nc(-c3[nH]nc4ncc(Cl)cc34)ncc2F)C1)N1CCCC1.O=C(C[C@@H]1CCC[C@H](Cc2nc(-c3[nH]nc4ncc(Cl)cc34)ncc2F)C1)N1CCOCC1. The van der Waals surface area contributed by atoms with Gasteiger partial charge in [-0.25, -0.2) is 77.4 Å². The van der Waals surface area contributed by atoms with E-state index in [2.05, 4.69) is 111 Å². The fraction of sp³-hybridized carbons (Fsp3) is 0.488. The number of carbonyl (C=O) groups excluding carboxylic acids is 4. The Balaban J connectivity index is 0.000000118. The number of hydrogen-bond donors (Lipinski definition) is 6. The third-order valence-corrected chi connectivity index (χ3v) is 26.8. The summed E-state index contributed by atoms with van der Waals surface area (Å²) in [5.74, 6) is 1.12. The zero-order chi connectivity index (χ0) is 86.5. The van der Waals surface area contributed by atoms with Gasteiger partial charge in [-0.3, -0.25) is 39.6 Å². The van der Waals surface area contributed by atoms with E-state index in [0.717, 1.165) is 141 Å². The standard InChI is InChI=1S/C23H26ClFN6O2.C23H26ClFN6O.2C20H20ClFN6O2/c24-16-11-17-21(29-30-22(17)26-12-16)23-27-13-18(25)19(28-23)9-14-2-1-3-15(8-14)10-20(32)31-4-6-33-7-5-31;24-16-11-17-21(29-30-22(17)26-12-16)23-27-13-18(25)19(28-23)9-14-4-3-5-15(8-14)10-20(32)31-6-1-2-7-31;2*1-30-20(29)14-9-2-4-10(5-3-9)15(14)25-18-13(22)8-24-19(26-18)16-12-6-11(21)7-23-17(12)28-27-16/h11-15H,1-10H2,(H,26,29,30);11-15H,1-10H2,(H,26,29,30);2*6-10,14-15H,2-5H2,1H3,(H,23,27,28)(H,24,25,26)/t2*14-,15+;;/m00../s1. The van der Waals surface area contributed by atoms with Gasteiger partial charge >= 0.3 is 11.9 Å². The van der Waals surface area contributed by atoms with Crippen LogP contribution in [0.25, 0.3) is 90.2 Å². The van der Waals surface area contributed by atoms with E-state index in [1.54, 1.807) is 24.3 Å². The Hall–Kier alpha value is -10.9. The Morgan fingerprint density at radius 3 is 1.08 bits per heavy atom. The van der Waals surface area contributed by atoms with E-state index in [4.69, 9.17) is 60.6 Å². The third-order valence-electron chi connectivity index (χ3n) is 26.0. The van der Waals surface area contributed by atoms with E-state index < -0.39 is 23.3 Å². The number of nitrogens with zero attached hydrogens (tertiary/aromatic N) is 18. The third kappa shape index (κ3) is 19.4. The number of H-pyrrole nitrogens is 4. The number of ether oxygens (including phenoxy) is 3. The molecule has 0 aromatic carbocycles. The molecule has 10 fully saturated rings. The molecule has 8 aliphatic carbocycles. The molecule has 31 nitrogen and oxygen atoms in total. The Morgan fingerprint density at radius 2 is 0.728 bits per heavy atom. The van der Waals surface area contributed by atoms with Crippen LogP contribution in [0.1, 0.15) is 140 Å². The highest BCUT2D eigenvalue weighted by Gasteiger charge is 2.50. The first-order valence-electron chi connectivity index (χ1n) is 42.6. The molecule has 2 aliphatic heterocycles. The molecule has 2 saturated heterocycles. The lowest BCUT2D eigenvalue weighted by Gasteiger charge is -2.47. The van der Waals surface area contributed by atoms with Crippen molar-refractivity contribution in [3.63, 3.8) is 0 Å². The number of halogens is 8. The lowest BCUT2D eigenvalue weighted by Crippen LogP contribution is -2.52. The van der Waals surface area contributed by atoms with Gasteiger partial charge in [-0.1, -0.05) is 72.1 Å². The number of morpholine rings is 1. The van der Waals surface area contributed by atoms with Gasteiger partial charge in [0.25, 0.3) is 0 Å². The second-order valence-electron chi connectivity index (χ2n) is 33.7. The minimum absolute atomic E-state index is 0.0594. The predicted molar refractivity (Wildman–Crippen MR) is 457 cm³/mol. The second-order valence-corrected chi connectivity index (χ2v) is 35.5. The van der Waals surface area contributed by atoms with Crippen molar-refractivity contribution in [1.29, 1.82) is 0 Å². The van der Waals surface area contributed by atoms with Crippen LogP contribution in [0.4, 0.5) is 29.2 Å². The Bertz CT molecular complexity index is 5750. The fourth-order valence-corrected chi connectivity index (χ4v) is 20.5. The summed E-state index contributed by atoms with van der Waals surface area (Å²) in [6.45, 7) is 4.37. The molecule has 0 radical (unpaired) electrons. The number of fused-ring (bicyclic) bond motifs is 10. The van der Waals surface area contributed by atoms with Crippen molar-refractivity contribution >= 4 is 126 Å². The molecule has 8 atom stereocenters. The van der Waals surface area contributed by atoms with Gasteiger partial charge in [0.2, 0.25) is 11.8 Å². The molecule has 6 N–H and O–H groups in total. The summed E-state index contributed by atoms with van der Waals surface area (Å²) in [4.78, 5) is 105. The number of likely N-dealkylation sites (tertiary alicyclic amines) is 1. The van der Waals surface area contributed by atoms with Crippen molar-refractivity contribution in [1.82, 2.24) is 110 Å². The number of anilines is 2. The predicted octanol–water partition coefficient (Wildman–Crippen LogP) is 15.6.